The van der Waals surface area contributed by atoms with E-state index in [4.69, 9.17) is 10.8 Å². The van der Waals surface area contributed by atoms with E-state index >= 15 is 0 Å². The number of nitrogen functional groups attached to an aromatic ring is 1. The van der Waals surface area contributed by atoms with Gasteiger partial charge in [0.1, 0.15) is 17.5 Å². The predicted octanol–water partition coefficient (Wildman–Crippen LogP) is 1.27. The van der Waals surface area contributed by atoms with Crippen molar-refractivity contribution in [1.29, 1.82) is 0 Å². The zero-order valence-electron chi connectivity index (χ0n) is 9.41. The van der Waals surface area contributed by atoms with Crippen molar-refractivity contribution in [2.45, 2.75) is 31.0 Å². The number of hydrogen-bond donors (Lipinski definition) is 3. The third-order valence-corrected chi connectivity index (χ3v) is 2.56. The lowest BCUT2D eigenvalue weighted by atomic mass is 10.3. The number of nitrogens with two attached hydrogens (primary N) is 1. The van der Waals surface area contributed by atoms with E-state index in [0.717, 1.165) is 12.8 Å². The maximum atomic E-state index is 12.1. The van der Waals surface area contributed by atoms with E-state index in [1.54, 1.807) is 0 Å². The topological polar surface area (TPSA) is 84.1 Å². The largest absolute Gasteiger partial charge is 0.416 e. The minimum atomic E-state index is -4.65. The number of anilines is 2. The molecule has 5 nitrogen and oxygen atoms in total. The first kappa shape index (κ1) is 12.9. The summed E-state index contributed by atoms with van der Waals surface area (Å²) in [5.41, 5.74) is 5.54. The molecule has 0 radical (unpaired) electrons. The lowest BCUT2D eigenvalue weighted by molar-refractivity contribution is -0.198. The van der Waals surface area contributed by atoms with Crippen molar-refractivity contribution in [3.8, 4) is 0 Å². The van der Waals surface area contributed by atoms with Crippen molar-refractivity contribution >= 4 is 11.6 Å². The number of aliphatic hydroxyl groups is 1. The molecule has 1 aliphatic rings. The molecule has 1 aliphatic carbocycles. The standard InChI is InChI=1S/C10H13F3N4O/c11-10(12,13)6(18)4-15-8-3-7(14)16-9(17-8)5-1-2-5/h3,5-6,18H,1-2,4H2,(H3,14,15,16,17). The van der Waals surface area contributed by atoms with Crippen LogP contribution < -0.4 is 11.1 Å². The molecule has 0 saturated heterocycles. The number of nitrogens with one attached hydrogen (secondary N) is 1. The summed E-state index contributed by atoms with van der Waals surface area (Å²) in [6.45, 7) is -0.663. The van der Waals surface area contributed by atoms with Gasteiger partial charge in [0.15, 0.2) is 6.10 Å². The van der Waals surface area contributed by atoms with Crippen LogP contribution >= 0.6 is 0 Å². The van der Waals surface area contributed by atoms with E-state index in [2.05, 4.69) is 15.3 Å². The Morgan fingerprint density at radius 1 is 1.44 bits per heavy atom. The Bertz CT molecular complexity index is 434. The second-order valence-corrected chi connectivity index (χ2v) is 4.25. The van der Waals surface area contributed by atoms with Crippen molar-refractivity contribution in [1.82, 2.24) is 9.97 Å². The first-order valence-corrected chi connectivity index (χ1v) is 5.49. The van der Waals surface area contributed by atoms with Gasteiger partial charge in [-0.15, -0.1) is 0 Å². The molecule has 1 atom stereocenters. The summed E-state index contributed by atoms with van der Waals surface area (Å²) in [7, 11) is 0. The Kier molecular flexibility index (Phi) is 3.29. The highest BCUT2D eigenvalue weighted by Gasteiger charge is 2.38. The van der Waals surface area contributed by atoms with Gasteiger partial charge >= 0.3 is 6.18 Å². The molecule has 0 spiro atoms. The fourth-order valence-electron chi connectivity index (χ4n) is 1.42. The van der Waals surface area contributed by atoms with Crippen LogP contribution in [-0.4, -0.2) is 33.9 Å². The fourth-order valence-corrected chi connectivity index (χ4v) is 1.42. The van der Waals surface area contributed by atoms with Crippen LogP contribution in [0.2, 0.25) is 0 Å². The third kappa shape index (κ3) is 3.22. The summed E-state index contributed by atoms with van der Waals surface area (Å²) in [5, 5.41) is 11.3. The van der Waals surface area contributed by atoms with Crippen LogP contribution in [0, 0.1) is 0 Å². The van der Waals surface area contributed by atoms with Gasteiger partial charge in [0.05, 0.1) is 6.54 Å². The van der Waals surface area contributed by atoms with E-state index in [1.165, 1.54) is 6.07 Å². The maximum absolute atomic E-state index is 12.1. The highest BCUT2D eigenvalue weighted by molar-refractivity contribution is 5.45. The number of alkyl halides is 3. The average molecular weight is 262 g/mol. The van der Waals surface area contributed by atoms with Gasteiger partial charge < -0.3 is 16.2 Å². The highest BCUT2D eigenvalue weighted by Crippen LogP contribution is 2.38. The van der Waals surface area contributed by atoms with Gasteiger partial charge in [-0.1, -0.05) is 0 Å². The average Bonchev–Trinajstić information content (AvgIpc) is 3.07. The quantitative estimate of drug-likeness (QED) is 0.761. The molecule has 0 bridgehead atoms. The van der Waals surface area contributed by atoms with Crippen molar-refractivity contribution < 1.29 is 18.3 Å². The molecule has 0 amide bonds. The molecule has 1 aromatic rings. The third-order valence-electron chi connectivity index (χ3n) is 2.56. The van der Waals surface area contributed by atoms with E-state index < -0.39 is 18.8 Å². The minimum Gasteiger partial charge on any atom is -0.384 e. The summed E-state index contributed by atoms with van der Waals surface area (Å²) in [6, 6.07) is 1.34. The molecule has 18 heavy (non-hydrogen) atoms. The van der Waals surface area contributed by atoms with Crippen molar-refractivity contribution in [2.24, 2.45) is 0 Å². The molecule has 2 rings (SSSR count). The van der Waals surface area contributed by atoms with E-state index in [-0.39, 0.29) is 17.6 Å². The zero-order chi connectivity index (χ0) is 13.3. The van der Waals surface area contributed by atoms with Crippen LogP contribution in [0.15, 0.2) is 6.07 Å². The number of aromatic nitrogens is 2. The summed E-state index contributed by atoms with van der Waals surface area (Å²) >= 11 is 0. The van der Waals surface area contributed by atoms with Crippen LogP contribution in [0.3, 0.4) is 0 Å². The molecule has 0 aromatic carbocycles. The van der Waals surface area contributed by atoms with Crippen LogP contribution in [0.25, 0.3) is 0 Å². The van der Waals surface area contributed by atoms with Gasteiger partial charge in [0.25, 0.3) is 0 Å². The molecular weight excluding hydrogens is 249 g/mol. The van der Waals surface area contributed by atoms with Crippen molar-refractivity contribution in [3.05, 3.63) is 11.9 Å². The Labute approximate surface area is 101 Å². The van der Waals surface area contributed by atoms with Gasteiger partial charge in [-0.2, -0.15) is 13.2 Å². The molecular formula is C10H13F3N4O. The van der Waals surface area contributed by atoms with E-state index in [9.17, 15) is 13.2 Å². The second-order valence-electron chi connectivity index (χ2n) is 4.25. The molecule has 1 unspecified atom stereocenters. The molecule has 8 heteroatoms. The number of aliphatic hydroxyl groups excluding tert-OH is 1. The van der Waals surface area contributed by atoms with Crippen LogP contribution in [0.1, 0.15) is 24.6 Å². The van der Waals surface area contributed by atoms with Crippen LogP contribution in [0.5, 0.6) is 0 Å². The lowest BCUT2D eigenvalue weighted by Crippen LogP contribution is -2.35. The zero-order valence-corrected chi connectivity index (χ0v) is 9.41. The van der Waals surface area contributed by atoms with E-state index in [0.29, 0.717) is 5.82 Å². The number of halogens is 3. The van der Waals surface area contributed by atoms with Gasteiger partial charge in [-0.3, -0.25) is 0 Å². The van der Waals surface area contributed by atoms with Crippen molar-refractivity contribution in [2.75, 3.05) is 17.6 Å². The lowest BCUT2D eigenvalue weighted by Gasteiger charge is -2.15. The summed E-state index contributed by atoms with van der Waals surface area (Å²) in [4.78, 5) is 8.08. The Balaban J connectivity index is 2.00. The van der Waals surface area contributed by atoms with Gasteiger partial charge in [0.2, 0.25) is 0 Å². The van der Waals surface area contributed by atoms with Crippen molar-refractivity contribution in [3.63, 3.8) is 0 Å². The van der Waals surface area contributed by atoms with Crippen LogP contribution in [0.4, 0.5) is 24.8 Å². The van der Waals surface area contributed by atoms with Gasteiger partial charge in [0, 0.05) is 12.0 Å². The first-order valence-electron chi connectivity index (χ1n) is 5.49. The second kappa shape index (κ2) is 4.60. The molecule has 1 fully saturated rings. The molecule has 1 aromatic heterocycles. The van der Waals surface area contributed by atoms with E-state index in [1.807, 2.05) is 0 Å². The minimum absolute atomic E-state index is 0.202. The molecule has 0 aliphatic heterocycles. The molecule has 4 N–H and O–H groups in total. The maximum Gasteiger partial charge on any atom is 0.416 e. The van der Waals surface area contributed by atoms with Crippen LogP contribution in [-0.2, 0) is 0 Å². The smallest absolute Gasteiger partial charge is 0.384 e. The summed E-state index contributed by atoms with van der Waals surface area (Å²) in [6.07, 6.45) is -5.15. The first-order chi connectivity index (χ1) is 8.36. The Morgan fingerprint density at radius 2 is 2.11 bits per heavy atom. The fraction of sp³-hybridized carbons (Fsp3) is 0.600. The molecule has 1 heterocycles. The predicted molar refractivity (Wildman–Crippen MR) is 59.0 cm³/mol. The highest BCUT2D eigenvalue weighted by atomic mass is 19.4. The summed E-state index contributed by atoms with van der Waals surface area (Å²) < 4.78 is 36.3. The number of hydrogen-bond acceptors (Lipinski definition) is 5. The molecule has 100 valence electrons. The monoisotopic (exact) mass is 262 g/mol. The summed E-state index contributed by atoms with van der Waals surface area (Å²) in [5.74, 6) is 1.20. The Hall–Kier alpha value is -1.57. The molecule has 1 saturated carbocycles. The Morgan fingerprint density at radius 3 is 2.67 bits per heavy atom. The SMILES string of the molecule is Nc1cc(NCC(O)C(F)(F)F)nc(C2CC2)n1. The van der Waals surface area contributed by atoms with Gasteiger partial charge in [-0.25, -0.2) is 9.97 Å². The number of rotatable bonds is 4. The number of nitrogens with zero attached hydrogens (tertiary/aromatic N) is 2. The normalized spacial score (nSPS) is 17.6. The van der Waals surface area contributed by atoms with Gasteiger partial charge in [-0.05, 0) is 12.8 Å².